The lowest BCUT2D eigenvalue weighted by Gasteiger charge is -2.64. The lowest BCUT2D eigenvalue weighted by molar-refractivity contribution is -0.0897. The zero-order valence-electron chi connectivity index (χ0n) is 18.2. The fraction of sp³-hybridized carbons (Fsp3) is 0.571. The molecule has 0 heterocycles. The molecule has 1 nitrogen and oxygen atoms in total. The summed E-state index contributed by atoms with van der Waals surface area (Å²) >= 11 is 6.23. The van der Waals surface area contributed by atoms with E-state index in [1.807, 2.05) is 0 Å². The molecule has 0 amide bonds. The lowest BCUT2D eigenvalue weighted by Crippen LogP contribution is -2.61. The van der Waals surface area contributed by atoms with E-state index in [9.17, 15) is 0 Å². The Morgan fingerprint density at radius 1 is 0.933 bits per heavy atom. The average Bonchev–Trinajstić information content (AvgIpc) is 2.73. The van der Waals surface area contributed by atoms with Crippen LogP contribution in [0.2, 0.25) is 5.02 Å². The van der Waals surface area contributed by atoms with E-state index in [0.29, 0.717) is 22.9 Å². The van der Waals surface area contributed by atoms with Gasteiger partial charge in [0.2, 0.25) is 0 Å². The van der Waals surface area contributed by atoms with Gasteiger partial charge in [0.05, 0.1) is 0 Å². The number of fused-ring (bicyclic) bond motifs is 1. The Morgan fingerprint density at radius 2 is 1.63 bits per heavy atom. The maximum Gasteiger partial charge on any atom is 0.0406 e. The molecule has 4 saturated carbocycles. The average molecular weight is 420 g/mol. The number of nitrogens with one attached hydrogen (secondary N) is 1. The summed E-state index contributed by atoms with van der Waals surface area (Å²) in [4.78, 5) is 0. The van der Waals surface area contributed by atoms with E-state index in [4.69, 9.17) is 11.6 Å². The van der Waals surface area contributed by atoms with Gasteiger partial charge in [0.1, 0.15) is 0 Å². The molecule has 2 aromatic carbocycles. The topological polar surface area (TPSA) is 12.0 Å². The molecule has 0 aliphatic heterocycles. The second kappa shape index (κ2) is 7.10. The van der Waals surface area contributed by atoms with Crippen LogP contribution in [0.3, 0.4) is 0 Å². The van der Waals surface area contributed by atoms with Gasteiger partial charge in [0.25, 0.3) is 0 Å². The van der Waals surface area contributed by atoms with Gasteiger partial charge in [-0.3, -0.25) is 0 Å². The fourth-order valence-corrected chi connectivity index (χ4v) is 8.48. The van der Waals surface area contributed by atoms with Crippen molar-refractivity contribution in [2.45, 2.75) is 82.2 Å². The molecule has 1 N–H and O–H groups in total. The van der Waals surface area contributed by atoms with Crippen molar-refractivity contribution >= 4 is 11.6 Å². The molecule has 0 aromatic heterocycles. The minimum Gasteiger partial charge on any atom is -0.311 e. The minimum absolute atomic E-state index is 0.393. The molecule has 158 valence electrons. The highest BCUT2D eigenvalue weighted by molar-refractivity contribution is 6.30. The van der Waals surface area contributed by atoms with Crippen LogP contribution in [0.15, 0.2) is 48.5 Å². The Labute approximate surface area is 186 Å². The minimum atomic E-state index is 0.393. The van der Waals surface area contributed by atoms with Gasteiger partial charge in [-0.05, 0) is 116 Å². The third-order valence-corrected chi connectivity index (χ3v) is 9.57. The highest BCUT2D eigenvalue weighted by Gasteiger charge is 2.59. The predicted octanol–water partition coefficient (Wildman–Crippen LogP) is 6.71. The highest BCUT2D eigenvalue weighted by Crippen LogP contribution is 2.66. The van der Waals surface area contributed by atoms with Crippen LogP contribution < -0.4 is 5.32 Å². The first-order valence-corrected chi connectivity index (χ1v) is 12.5. The maximum absolute atomic E-state index is 6.23. The molecule has 4 bridgehead atoms. The van der Waals surface area contributed by atoms with Crippen molar-refractivity contribution in [3.05, 3.63) is 70.2 Å². The summed E-state index contributed by atoms with van der Waals surface area (Å²) in [5.74, 6) is 1.83. The SMILES string of the molecule is CC(NC1CCc2ccccc2C1)C12CC3CC(CC(c4ccc(Cl)cc4)(C3)C1)C2. The van der Waals surface area contributed by atoms with Crippen LogP contribution in [-0.4, -0.2) is 12.1 Å². The summed E-state index contributed by atoms with van der Waals surface area (Å²) < 4.78 is 0. The van der Waals surface area contributed by atoms with Gasteiger partial charge in [-0.15, -0.1) is 0 Å². The van der Waals surface area contributed by atoms with Crippen LogP contribution in [-0.2, 0) is 18.3 Å². The number of halogens is 1. The second-order valence-electron chi connectivity index (χ2n) is 11.2. The molecule has 0 spiro atoms. The predicted molar refractivity (Wildman–Crippen MR) is 125 cm³/mol. The summed E-state index contributed by atoms with van der Waals surface area (Å²) in [7, 11) is 0. The third-order valence-electron chi connectivity index (χ3n) is 9.31. The Kier molecular flexibility index (Phi) is 4.59. The van der Waals surface area contributed by atoms with Crippen molar-refractivity contribution in [1.29, 1.82) is 0 Å². The molecule has 2 aromatic rings. The fourth-order valence-electron chi connectivity index (χ4n) is 8.35. The molecule has 5 aliphatic carbocycles. The van der Waals surface area contributed by atoms with Crippen molar-refractivity contribution in [2.24, 2.45) is 17.3 Å². The van der Waals surface area contributed by atoms with E-state index >= 15 is 0 Å². The van der Waals surface area contributed by atoms with Crippen LogP contribution >= 0.6 is 11.6 Å². The quantitative estimate of drug-likeness (QED) is 0.580. The van der Waals surface area contributed by atoms with Crippen LogP contribution in [0.5, 0.6) is 0 Å². The maximum atomic E-state index is 6.23. The summed E-state index contributed by atoms with van der Waals surface area (Å²) in [6.45, 7) is 2.52. The number of aryl methyl sites for hydroxylation is 1. The Hall–Kier alpha value is -1.31. The number of hydrogen-bond acceptors (Lipinski definition) is 1. The molecular formula is C28H34ClN. The first kappa shape index (κ1) is 19.4. The largest absolute Gasteiger partial charge is 0.311 e. The van der Waals surface area contributed by atoms with Crippen molar-refractivity contribution in [2.75, 3.05) is 0 Å². The zero-order valence-corrected chi connectivity index (χ0v) is 18.9. The van der Waals surface area contributed by atoms with E-state index in [1.165, 1.54) is 57.8 Å². The zero-order chi connectivity index (χ0) is 20.3. The van der Waals surface area contributed by atoms with Gasteiger partial charge in [-0.25, -0.2) is 0 Å². The summed E-state index contributed by atoms with van der Waals surface area (Å²) in [6.07, 6.45) is 12.2. The molecule has 0 radical (unpaired) electrons. The summed E-state index contributed by atoms with van der Waals surface area (Å²) in [5.41, 5.74) is 5.56. The smallest absolute Gasteiger partial charge is 0.0406 e. The molecule has 30 heavy (non-hydrogen) atoms. The standard InChI is InChI=1S/C28H34ClN/c1-19(30-26-11-6-22-4-2-3-5-23(22)13-26)27-14-20-12-21(15-27)17-28(16-20,18-27)24-7-9-25(29)10-8-24/h2-5,7-10,19-21,26,30H,6,11-18H2,1H3. The first-order valence-electron chi connectivity index (χ1n) is 12.1. The summed E-state index contributed by atoms with van der Waals surface area (Å²) in [6, 6.07) is 19.2. The molecule has 4 fully saturated rings. The van der Waals surface area contributed by atoms with Crippen LogP contribution in [0.4, 0.5) is 0 Å². The van der Waals surface area contributed by atoms with Gasteiger partial charge in [-0.2, -0.15) is 0 Å². The normalized spacial score (nSPS) is 37.7. The van der Waals surface area contributed by atoms with Gasteiger partial charge in [-0.1, -0.05) is 48.0 Å². The van der Waals surface area contributed by atoms with Crippen LogP contribution in [0, 0.1) is 17.3 Å². The monoisotopic (exact) mass is 419 g/mol. The van der Waals surface area contributed by atoms with E-state index in [1.54, 1.807) is 16.7 Å². The van der Waals surface area contributed by atoms with Crippen molar-refractivity contribution in [1.82, 2.24) is 5.32 Å². The molecule has 0 saturated heterocycles. The van der Waals surface area contributed by atoms with Crippen LogP contribution in [0.25, 0.3) is 0 Å². The van der Waals surface area contributed by atoms with Gasteiger partial charge >= 0.3 is 0 Å². The molecular weight excluding hydrogens is 386 g/mol. The number of hydrogen-bond donors (Lipinski definition) is 1. The van der Waals surface area contributed by atoms with E-state index in [2.05, 4.69) is 60.8 Å². The van der Waals surface area contributed by atoms with Gasteiger partial charge in [0, 0.05) is 17.1 Å². The first-order chi connectivity index (χ1) is 14.5. The van der Waals surface area contributed by atoms with Crippen molar-refractivity contribution < 1.29 is 0 Å². The summed E-state index contributed by atoms with van der Waals surface area (Å²) in [5, 5.41) is 5.04. The number of benzene rings is 2. The van der Waals surface area contributed by atoms with E-state index in [-0.39, 0.29) is 0 Å². The Balaban J connectivity index is 1.25. The van der Waals surface area contributed by atoms with Crippen LogP contribution in [0.1, 0.15) is 68.6 Å². The molecule has 7 rings (SSSR count). The molecule has 4 atom stereocenters. The number of rotatable bonds is 4. The molecule has 4 unspecified atom stereocenters. The van der Waals surface area contributed by atoms with E-state index in [0.717, 1.165) is 16.9 Å². The van der Waals surface area contributed by atoms with Gasteiger partial charge in [0.15, 0.2) is 0 Å². The lowest BCUT2D eigenvalue weighted by atomic mass is 9.41. The molecule has 5 aliphatic rings. The van der Waals surface area contributed by atoms with Crippen molar-refractivity contribution in [3.8, 4) is 0 Å². The van der Waals surface area contributed by atoms with Crippen molar-refractivity contribution in [3.63, 3.8) is 0 Å². The molecule has 2 heteroatoms. The van der Waals surface area contributed by atoms with E-state index < -0.39 is 0 Å². The third kappa shape index (κ3) is 3.16. The Morgan fingerprint density at radius 3 is 2.37 bits per heavy atom. The highest BCUT2D eigenvalue weighted by atomic mass is 35.5. The second-order valence-corrected chi connectivity index (χ2v) is 11.6. The Bertz CT molecular complexity index is 918. The van der Waals surface area contributed by atoms with Gasteiger partial charge < -0.3 is 5.32 Å².